The van der Waals surface area contributed by atoms with Crippen molar-refractivity contribution in [3.8, 4) is 0 Å². The first-order chi connectivity index (χ1) is 11.7. The minimum absolute atomic E-state index is 0.0693. The largest absolute Gasteiger partial charge is 0.384 e. The lowest BCUT2D eigenvalue weighted by Gasteiger charge is -2.21. The van der Waals surface area contributed by atoms with Gasteiger partial charge in [0.2, 0.25) is 5.91 Å². The molecule has 25 heavy (non-hydrogen) atoms. The number of hydrogen-bond acceptors (Lipinski definition) is 4. The van der Waals surface area contributed by atoms with Gasteiger partial charge in [0.15, 0.2) is 9.84 Å². The van der Waals surface area contributed by atoms with Gasteiger partial charge in [0.05, 0.1) is 11.5 Å². The molecule has 1 amide bonds. The fourth-order valence-electron chi connectivity index (χ4n) is 3.26. The molecule has 1 aromatic carbocycles. The highest BCUT2D eigenvalue weighted by Crippen LogP contribution is 2.32. The molecule has 140 valence electrons. The van der Waals surface area contributed by atoms with Crippen molar-refractivity contribution in [2.24, 2.45) is 0 Å². The van der Waals surface area contributed by atoms with Crippen molar-refractivity contribution in [2.45, 2.75) is 58.4 Å². The molecule has 1 aliphatic heterocycles. The SMILES string of the molecule is CC(C)c1cccc(C(C)C)c1NCCC(=O)NC1CCS(=O)(=O)C1. The van der Waals surface area contributed by atoms with Crippen LogP contribution in [0, 0.1) is 0 Å². The summed E-state index contributed by atoms with van der Waals surface area (Å²) in [6, 6.07) is 6.11. The van der Waals surface area contributed by atoms with E-state index in [1.54, 1.807) is 0 Å². The third kappa shape index (κ3) is 5.46. The maximum Gasteiger partial charge on any atom is 0.222 e. The van der Waals surface area contributed by atoms with Crippen molar-refractivity contribution < 1.29 is 13.2 Å². The second kappa shape index (κ2) is 8.21. The highest BCUT2D eigenvalue weighted by molar-refractivity contribution is 7.91. The fraction of sp³-hybridized carbons (Fsp3) is 0.632. The Bertz CT molecular complexity index is 685. The fourth-order valence-corrected chi connectivity index (χ4v) is 4.94. The van der Waals surface area contributed by atoms with Crippen LogP contribution in [0.5, 0.6) is 0 Å². The molecule has 0 aromatic heterocycles. The molecule has 2 rings (SSSR count). The Hall–Kier alpha value is -1.56. The molecule has 1 atom stereocenters. The number of hydrogen-bond donors (Lipinski definition) is 2. The lowest BCUT2D eigenvalue weighted by Crippen LogP contribution is -2.36. The van der Waals surface area contributed by atoms with Gasteiger partial charge in [-0.3, -0.25) is 4.79 Å². The van der Waals surface area contributed by atoms with Crippen molar-refractivity contribution in [3.05, 3.63) is 29.3 Å². The van der Waals surface area contributed by atoms with Crippen molar-refractivity contribution in [1.82, 2.24) is 5.32 Å². The van der Waals surface area contributed by atoms with Crippen LogP contribution >= 0.6 is 0 Å². The standard InChI is InChI=1S/C19H30N2O3S/c1-13(2)16-6-5-7-17(14(3)4)19(16)20-10-8-18(22)21-15-9-11-25(23,24)12-15/h5-7,13-15,20H,8-12H2,1-4H3,(H,21,22). The summed E-state index contributed by atoms with van der Waals surface area (Å²) in [6.07, 6.45) is 0.857. The summed E-state index contributed by atoms with van der Waals surface area (Å²) in [5.74, 6) is 0.954. The monoisotopic (exact) mass is 366 g/mol. The predicted octanol–water partition coefficient (Wildman–Crippen LogP) is 3.04. The molecule has 1 aliphatic rings. The molecule has 0 aliphatic carbocycles. The molecule has 1 heterocycles. The zero-order chi connectivity index (χ0) is 18.6. The van der Waals surface area contributed by atoms with Crippen molar-refractivity contribution in [2.75, 3.05) is 23.4 Å². The Morgan fingerprint density at radius 3 is 2.24 bits per heavy atom. The van der Waals surface area contributed by atoms with Crippen LogP contribution in [0.1, 0.15) is 63.5 Å². The van der Waals surface area contributed by atoms with Gasteiger partial charge in [-0.05, 0) is 29.4 Å². The second-order valence-corrected chi connectivity index (χ2v) is 9.69. The molecule has 1 aromatic rings. The van der Waals surface area contributed by atoms with Crippen molar-refractivity contribution in [1.29, 1.82) is 0 Å². The highest BCUT2D eigenvalue weighted by atomic mass is 32.2. The molecule has 1 fully saturated rings. The van der Waals surface area contributed by atoms with Gasteiger partial charge in [0, 0.05) is 24.7 Å². The zero-order valence-electron chi connectivity index (χ0n) is 15.6. The van der Waals surface area contributed by atoms with E-state index in [-0.39, 0.29) is 23.5 Å². The van der Waals surface area contributed by atoms with Gasteiger partial charge in [-0.25, -0.2) is 8.42 Å². The average molecular weight is 367 g/mol. The van der Waals surface area contributed by atoms with Crippen LogP contribution < -0.4 is 10.6 Å². The number of amides is 1. The normalized spacial score (nSPS) is 19.4. The van der Waals surface area contributed by atoms with Crippen molar-refractivity contribution in [3.63, 3.8) is 0 Å². The summed E-state index contributed by atoms with van der Waals surface area (Å²) in [5, 5.41) is 6.27. The molecule has 5 nitrogen and oxygen atoms in total. The molecule has 1 saturated heterocycles. The first-order valence-corrected chi connectivity index (χ1v) is 10.9. The van der Waals surface area contributed by atoms with E-state index in [0.29, 0.717) is 31.2 Å². The number of benzene rings is 1. The Morgan fingerprint density at radius 2 is 1.76 bits per heavy atom. The number of rotatable bonds is 7. The van der Waals surface area contributed by atoms with Gasteiger partial charge in [-0.15, -0.1) is 0 Å². The van der Waals surface area contributed by atoms with Gasteiger partial charge >= 0.3 is 0 Å². The lowest BCUT2D eigenvalue weighted by atomic mass is 9.92. The smallest absolute Gasteiger partial charge is 0.222 e. The number of carbonyl (C=O) groups is 1. The number of nitrogens with one attached hydrogen (secondary N) is 2. The van der Waals surface area contributed by atoms with E-state index in [9.17, 15) is 13.2 Å². The molecule has 0 spiro atoms. The lowest BCUT2D eigenvalue weighted by molar-refractivity contribution is -0.121. The first-order valence-electron chi connectivity index (χ1n) is 9.06. The topological polar surface area (TPSA) is 75.3 Å². The van der Waals surface area contributed by atoms with Crippen LogP contribution in [0.2, 0.25) is 0 Å². The van der Waals surface area contributed by atoms with E-state index in [2.05, 4.69) is 56.5 Å². The van der Waals surface area contributed by atoms with Gasteiger partial charge < -0.3 is 10.6 Å². The van der Waals surface area contributed by atoms with E-state index in [1.165, 1.54) is 11.1 Å². The Balaban J connectivity index is 1.94. The van der Waals surface area contributed by atoms with E-state index in [0.717, 1.165) is 5.69 Å². The Labute approximate surface area is 151 Å². The zero-order valence-corrected chi connectivity index (χ0v) is 16.4. The maximum absolute atomic E-state index is 12.1. The van der Waals surface area contributed by atoms with E-state index >= 15 is 0 Å². The molecule has 0 radical (unpaired) electrons. The van der Waals surface area contributed by atoms with E-state index in [4.69, 9.17) is 0 Å². The quantitative estimate of drug-likeness (QED) is 0.778. The van der Waals surface area contributed by atoms with Gasteiger partial charge in [0.25, 0.3) is 0 Å². The second-order valence-electron chi connectivity index (χ2n) is 7.47. The summed E-state index contributed by atoms with van der Waals surface area (Å²) in [6.45, 7) is 9.19. The van der Waals surface area contributed by atoms with Crippen LogP contribution in [0.4, 0.5) is 5.69 Å². The Kier molecular flexibility index (Phi) is 6.49. The maximum atomic E-state index is 12.1. The van der Waals surface area contributed by atoms with Crippen LogP contribution in [-0.2, 0) is 14.6 Å². The Morgan fingerprint density at radius 1 is 1.16 bits per heavy atom. The molecule has 0 saturated carbocycles. The number of para-hydroxylation sites is 1. The average Bonchev–Trinajstić information content (AvgIpc) is 2.85. The summed E-state index contributed by atoms with van der Waals surface area (Å²) in [7, 11) is -2.97. The van der Waals surface area contributed by atoms with E-state index in [1.807, 2.05) is 0 Å². The first kappa shape index (κ1) is 19.8. The van der Waals surface area contributed by atoms with Crippen LogP contribution in [-0.4, -0.2) is 38.4 Å². The number of sulfone groups is 1. The van der Waals surface area contributed by atoms with E-state index < -0.39 is 9.84 Å². The summed E-state index contributed by atoms with van der Waals surface area (Å²) in [4.78, 5) is 12.1. The van der Waals surface area contributed by atoms with Crippen LogP contribution in [0.3, 0.4) is 0 Å². The molecular weight excluding hydrogens is 336 g/mol. The van der Waals surface area contributed by atoms with Crippen LogP contribution in [0.25, 0.3) is 0 Å². The highest BCUT2D eigenvalue weighted by Gasteiger charge is 2.28. The number of carbonyl (C=O) groups excluding carboxylic acids is 1. The summed E-state index contributed by atoms with van der Waals surface area (Å²) in [5.41, 5.74) is 3.64. The van der Waals surface area contributed by atoms with Crippen LogP contribution in [0.15, 0.2) is 18.2 Å². The van der Waals surface area contributed by atoms with Gasteiger partial charge in [0.1, 0.15) is 0 Å². The minimum Gasteiger partial charge on any atom is -0.384 e. The third-order valence-corrected chi connectivity index (χ3v) is 6.39. The summed E-state index contributed by atoms with van der Waals surface area (Å²) < 4.78 is 22.9. The third-order valence-electron chi connectivity index (χ3n) is 4.62. The molecule has 0 bridgehead atoms. The molecule has 1 unspecified atom stereocenters. The van der Waals surface area contributed by atoms with Gasteiger partial charge in [-0.2, -0.15) is 0 Å². The minimum atomic E-state index is -2.97. The van der Waals surface area contributed by atoms with Crippen molar-refractivity contribution >= 4 is 21.4 Å². The summed E-state index contributed by atoms with van der Waals surface area (Å²) >= 11 is 0. The molecule has 2 N–H and O–H groups in total. The number of anilines is 1. The molecule has 6 heteroatoms. The van der Waals surface area contributed by atoms with Gasteiger partial charge in [-0.1, -0.05) is 45.9 Å². The molecular formula is C19H30N2O3S. The predicted molar refractivity (Wildman–Crippen MR) is 103 cm³/mol.